The lowest BCUT2D eigenvalue weighted by Gasteiger charge is -2.29. The summed E-state index contributed by atoms with van der Waals surface area (Å²) in [4.78, 5) is 12.0. The summed E-state index contributed by atoms with van der Waals surface area (Å²) >= 11 is 5.71. The van der Waals surface area contributed by atoms with Crippen molar-refractivity contribution in [2.45, 2.75) is 32.2 Å². The first-order valence-corrected chi connectivity index (χ1v) is 6.36. The van der Waals surface area contributed by atoms with E-state index in [1.807, 2.05) is 13.8 Å². The number of para-hydroxylation sites is 1. The monoisotopic (exact) mass is 271 g/mol. The third kappa shape index (κ3) is 3.29. The molecule has 0 saturated heterocycles. The highest BCUT2D eigenvalue weighted by atomic mass is 35.5. The van der Waals surface area contributed by atoms with Crippen LogP contribution in [0.25, 0.3) is 0 Å². The number of aromatic hydroxyl groups is 2. The summed E-state index contributed by atoms with van der Waals surface area (Å²) in [7, 11) is 0. The number of amides is 1. The number of hydrogen-bond acceptors (Lipinski definition) is 3. The van der Waals surface area contributed by atoms with Crippen molar-refractivity contribution in [3.63, 3.8) is 0 Å². The van der Waals surface area contributed by atoms with Gasteiger partial charge in [0.2, 0.25) is 0 Å². The minimum Gasteiger partial charge on any atom is -0.504 e. The van der Waals surface area contributed by atoms with E-state index in [2.05, 4.69) is 5.32 Å². The SMILES string of the molecule is CCC(C)(CCCl)NC(=O)c1cccc(O)c1O. The Morgan fingerprint density at radius 3 is 2.67 bits per heavy atom. The van der Waals surface area contributed by atoms with Gasteiger partial charge in [-0.1, -0.05) is 13.0 Å². The Balaban J connectivity index is 2.91. The lowest BCUT2D eigenvalue weighted by atomic mass is 9.95. The summed E-state index contributed by atoms with van der Waals surface area (Å²) in [5.74, 6) is -0.688. The van der Waals surface area contributed by atoms with Crippen LogP contribution in [0.15, 0.2) is 18.2 Å². The van der Waals surface area contributed by atoms with E-state index in [0.29, 0.717) is 12.3 Å². The van der Waals surface area contributed by atoms with E-state index in [1.54, 1.807) is 0 Å². The van der Waals surface area contributed by atoms with Crippen LogP contribution in [0.3, 0.4) is 0 Å². The number of halogens is 1. The predicted octanol–water partition coefficient (Wildman–Crippen LogP) is 2.63. The smallest absolute Gasteiger partial charge is 0.255 e. The van der Waals surface area contributed by atoms with E-state index in [-0.39, 0.29) is 11.3 Å². The number of rotatable bonds is 5. The highest BCUT2D eigenvalue weighted by molar-refractivity contribution is 6.17. The van der Waals surface area contributed by atoms with Gasteiger partial charge in [-0.05, 0) is 31.9 Å². The van der Waals surface area contributed by atoms with Crippen molar-refractivity contribution >= 4 is 17.5 Å². The van der Waals surface area contributed by atoms with Crippen molar-refractivity contribution in [2.24, 2.45) is 0 Å². The van der Waals surface area contributed by atoms with Gasteiger partial charge in [0.15, 0.2) is 11.5 Å². The van der Waals surface area contributed by atoms with Crippen molar-refractivity contribution in [2.75, 3.05) is 5.88 Å². The van der Waals surface area contributed by atoms with E-state index in [4.69, 9.17) is 11.6 Å². The van der Waals surface area contributed by atoms with Gasteiger partial charge in [0.05, 0.1) is 5.56 Å². The second-order valence-corrected chi connectivity index (χ2v) is 4.86. The van der Waals surface area contributed by atoms with Crippen LogP contribution in [0.1, 0.15) is 37.0 Å². The van der Waals surface area contributed by atoms with Gasteiger partial charge >= 0.3 is 0 Å². The zero-order chi connectivity index (χ0) is 13.8. The molecule has 0 bridgehead atoms. The van der Waals surface area contributed by atoms with Crippen molar-refractivity contribution < 1.29 is 15.0 Å². The van der Waals surface area contributed by atoms with Gasteiger partial charge in [-0.15, -0.1) is 11.6 Å². The van der Waals surface area contributed by atoms with Crippen LogP contribution in [0, 0.1) is 0 Å². The Bertz CT molecular complexity index is 436. The van der Waals surface area contributed by atoms with Crippen molar-refractivity contribution in [1.29, 1.82) is 0 Å². The molecule has 1 amide bonds. The zero-order valence-corrected chi connectivity index (χ0v) is 11.3. The van der Waals surface area contributed by atoms with E-state index < -0.39 is 17.2 Å². The summed E-state index contributed by atoms with van der Waals surface area (Å²) in [6.07, 6.45) is 1.36. The van der Waals surface area contributed by atoms with Gasteiger partial charge in [0, 0.05) is 11.4 Å². The quantitative estimate of drug-likeness (QED) is 0.570. The Kier molecular flexibility index (Phi) is 4.84. The largest absolute Gasteiger partial charge is 0.504 e. The second-order valence-electron chi connectivity index (χ2n) is 4.48. The summed E-state index contributed by atoms with van der Waals surface area (Å²) in [5, 5.41) is 21.8. The van der Waals surface area contributed by atoms with E-state index >= 15 is 0 Å². The molecule has 18 heavy (non-hydrogen) atoms. The van der Waals surface area contributed by atoms with Crippen LogP contribution in [0.5, 0.6) is 11.5 Å². The van der Waals surface area contributed by atoms with Crippen molar-refractivity contribution in [3.05, 3.63) is 23.8 Å². The molecular weight excluding hydrogens is 254 g/mol. The standard InChI is InChI=1S/C13H18ClNO3/c1-3-13(2,7-8-14)15-12(18)9-5-4-6-10(16)11(9)17/h4-6,16-17H,3,7-8H2,1-2H3,(H,15,18). The number of nitrogens with one attached hydrogen (secondary N) is 1. The summed E-state index contributed by atoms with van der Waals surface area (Å²) in [6, 6.07) is 4.29. The molecule has 0 aliphatic carbocycles. The van der Waals surface area contributed by atoms with Crippen LogP contribution in [-0.2, 0) is 0 Å². The number of phenols is 2. The second kappa shape index (κ2) is 5.96. The molecule has 0 radical (unpaired) electrons. The number of phenolic OH excluding ortho intramolecular Hbond substituents is 2. The first-order valence-electron chi connectivity index (χ1n) is 5.83. The Morgan fingerprint density at radius 1 is 1.44 bits per heavy atom. The Morgan fingerprint density at radius 2 is 2.11 bits per heavy atom. The number of carbonyl (C=O) groups excluding carboxylic acids is 1. The molecule has 5 heteroatoms. The third-order valence-corrected chi connectivity index (χ3v) is 3.29. The Labute approximate surface area is 112 Å². The van der Waals surface area contributed by atoms with Gasteiger partial charge < -0.3 is 15.5 Å². The first kappa shape index (κ1) is 14.6. The Hall–Kier alpha value is -1.42. The summed E-state index contributed by atoms with van der Waals surface area (Å²) in [6.45, 7) is 3.85. The maximum atomic E-state index is 12.0. The average Bonchev–Trinajstić information content (AvgIpc) is 2.32. The molecule has 3 N–H and O–H groups in total. The average molecular weight is 272 g/mol. The lowest BCUT2D eigenvalue weighted by molar-refractivity contribution is 0.0898. The third-order valence-electron chi connectivity index (χ3n) is 3.10. The van der Waals surface area contributed by atoms with E-state index in [9.17, 15) is 15.0 Å². The first-order chi connectivity index (χ1) is 8.43. The molecule has 1 unspecified atom stereocenters. The molecule has 0 aliphatic rings. The van der Waals surface area contributed by atoms with E-state index in [1.165, 1.54) is 18.2 Å². The molecule has 1 aromatic rings. The fraction of sp³-hybridized carbons (Fsp3) is 0.462. The minimum atomic E-state index is -0.420. The van der Waals surface area contributed by atoms with E-state index in [0.717, 1.165) is 6.42 Å². The normalized spacial score (nSPS) is 13.9. The predicted molar refractivity (Wildman–Crippen MR) is 71.3 cm³/mol. The topological polar surface area (TPSA) is 69.6 Å². The summed E-state index contributed by atoms with van der Waals surface area (Å²) in [5.41, 5.74) is -0.360. The van der Waals surface area contributed by atoms with Crippen molar-refractivity contribution in [1.82, 2.24) is 5.32 Å². The molecule has 1 aromatic carbocycles. The maximum Gasteiger partial charge on any atom is 0.255 e. The van der Waals surface area contributed by atoms with Gasteiger partial charge in [-0.25, -0.2) is 0 Å². The van der Waals surface area contributed by atoms with Gasteiger partial charge in [-0.2, -0.15) is 0 Å². The van der Waals surface area contributed by atoms with Crippen LogP contribution >= 0.6 is 11.6 Å². The van der Waals surface area contributed by atoms with Crippen LogP contribution in [-0.4, -0.2) is 27.5 Å². The van der Waals surface area contributed by atoms with Gasteiger partial charge in [0.25, 0.3) is 5.91 Å². The number of carbonyl (C=O) groups is 1. The highest BCUT2D eigenvalue weighted by Crippen LogP contribution is 2.28. The number of alkyl halides is 1. The van der Waals surface area contributed by atoms with Crippen LogP contribution in [0.4, 0.5) is 0 Å². The molecule has 1 rings (SSSR count). The molecule has 4 nitrogen and oxygen atoms in total. The number of hydrogen-bond donors (Lipinski definition) is 3. The molecular formula is C13H18ClNO3. The maximum absolute atomic E-state index is 12.0. The fourth-order valence-corrected chi connectivity index (χ4v) is 2.01. The molecule has 1 atom stereocenters. The molecule has 0 heterocycles. The molecule has 100 valence electrons. The lowest BCUT2D eigenvalue weighted by Crippen LogP contribution is -2.45. The molecule has 0 aromatic heterocycles. The minimum absolute atomic E-state index is 0.0595. The molecule has 0 aliphatic heterocycles. The van der Waals surface area contributed by atoms with Gasteiger partial charge in [-0.3, -0.25) is 4.79 Å². The highest BCUT2D eigenvalue weighted by Gasteiger charge is 2.25. The van der Waals surface area contributed by atoms with Crippen LogP contribution in [0.2, 0.25) is 0 Å². The van der Waals surface area contributed by atoms with Gasteiger partial charge in [0.1, 0.15) is 0 Å². The van der Waals surface area contributed by atoms with Crippen LogP contribution < -0.4 is 5.32 Å². The van der Waals surface area contributed by atoms with Crippen molar-refractivity contribution in [3.8, 4) is 11.5 Å². The molecule has 0 saturated carbocycles. The fourth-order valence-electron chi connectivity index (χ4n) is 1.59. The molecule has 0 fully saturated rings. The number of benzene rings is 1. The molecule has 0 spiro atoms. The summed E-state index contributed by atoms with van der Waals surface area (Å²) < 4.78 is 0. The zero-order valence-electron chi connectivity index (χ0n) is 10.5.